The molecule has 1 atom stereocenters. The van der Waals surface area contributed by atoms with Crippen molar-refractivity contribution in [2.75, 3.05) is 6.54 Å². The van der Waals surface area contributed by atoms with E-state index >= 15 is 0 Å². The number of hydrogen-bond acceptors (Lipinski definition) is 1. The summed E-state index contributed by atoms with van der Waals surface area (Å²) in [5.74, 6) is 0.719. The SMILES string of the molecule is O=C(NCCC1CCCC1)C(Cl)c1ccccc1. The predicted octanol–water partition coefficient (Wildman–Crippen LogP) is 3.66. The number of nitrogens with one attached hydrogen (secondary N) is 1. The van der Waals surface area contributed by atoms with Gasteiger partial charge in [0.25, 0.3) is 0 Å². The molecule has 0 aliphatic heterocycles. The Bertz CT molecular complexity index is 373. The second kappa shape index (κ2) is 6.79. The fraction of sp³-hybridized carbons (Fsp3) is 0.533. The molecule has 0 saturated heterocycles. The standard InChI is InChI=1S/C15H20ClNO/c16-14(13-8-2-1-3-9-13)15(18)17-11-10-12-6-4-5-7-12/h1-3,8-9,12,14H,4-7,10-11H2,(H,17,18). The summed E-state index contributed by atoms with van der Waals surface area (Å²) < 4.78 is 0. The molecule has 1 aliphatic rings. The van der Waals surface area contributed by atoms with Crippen molar-refractivity contribution >= 4 is 17.5 Å². The van der Waals surface area contributed by atoms with Crippen LogP contribution in [0.15, 0.2) is 30.3 Å². The molecule has 2 rings (SSSR count). The summed E-state index contributed by atoms with van der Waals surface area (Å²) in [5, 5.41) is 2.36. The summed E-state index contributed by atoms with van der Waals surface area (Å²) in [6.07, 6.45) is 6.42. The van der Waals surface area contributed by atoms with Crippen molar-refractivity contribution in [3.63, 3.8) is 0 Å². The van der Waals surface area contributed by atoms with Crippen LogP contribution in [0.4, 0.5) is 0 Å². The zero-order valence-electron chi connectivity index (χ0n) is 10.6. The number of carbonyl (C=O) groups is 1. The maximum Gasteiger partial charge on any atom is 0.242 e. The molecule has 0 radical (unpaired) electrons. The lowest BCUT2D eigenvalue weighted by Crippen LogP contribution is -2.28. The lowest BCUT2D eigenvalue weighted by Gasteiger charge is -2.13. The highest BCUT2D eigenvalue weighted by Gasteiger charge is 2.18. The molecular weight excluding hydrogens is 246 g/mol. The fourth-order valence-corrected chi connectivity index (χ4v) is 2.78. The van der Waals surface area contributed by atoms with Crippen LogP contribution in [0.1, 0.15) is 43.0 Å². The lowest BCUT2D eigenvalue weighted by atomic mass is 10.0. The third-order valence-corrected chi connectivity index (χ3v) is 4.10. The van der Waals surface area contributed by atoms with Gasteiger partial charge in [-0.25, -0.2) is 0 Å². The number of benzene rings is 1. The molecule has 0 aromatic heterocycles. The van der Waals surface area contributed by atoms with Gasteiger partial charge in [-0.15, -0.1) is 11.6 Å². The first-order valence-corrected chi connectivity index (χ1v) is 7.18. The maximum atomic E-state index is 11.9. The van der Waals surface area contributed by atoms with E-state index in [4.69, 9.17) is 11.6 Å². The van der Waals surface area contributed by atoms with Gasteiger partial charge in [-0.2, -0.15) is 0 Å². The topological polar surface area (TPSA) is 29.1 Å². The Kier molecular flexibility index (Phi) is 5.06. The molecule has 3 heteroatoms. The van der Waals surface area contributed by atoms with Crippen molar-refractivity contribution in [2.45, 2.75) is 37.5 Å². The molecule has 0 heterocycles. The van der Waals surface area contributed by atoms with E-state index in [1.54, 1.807) is 0 Å². The highest BCUT2D eigenvalue weighted by Crippen LogP contribution is 2.27. The van der Waals surface area contributed by atoms with Gasteiger partial charge < -0.3 is 5.32 Å². The van der Waals surface area contributed by atoms with E-state index in [2.05, 4.69) is 5.32 Å². The molecule has 1 aromatic rings. The zero-order valence-corrected chi connectivity index (χ0v) is 11.3. The van der Waals surface area contributed by atoms with E-state index in [-0.39, 0.29) is 5.91 Å². The van der Waals surface area contributed by atoms with Gasteiger partial charge in [-0.1, -0.05) is 56.0 Å². The quantitative estimate of drug-likeness (QED) is 0.809. The Labute approximate surface area is 114 Å². The van der Waals surface area contributed by atoms with Crippen LogP contribution in [-0.4, -0.2) is 12.5 Å². The first-order valence-electron chi connectivity index (χ1n) is 6.74. The summed E-state index contributed by atoms with van der Waals surface area (Å²) in [5.41, 5.74) is 0.859. The van der Waals surface area contributed by atoms with Crippen LogP contribution in [0.3, 0.4) is 0 Å². The molecule has 1 amide bonds. The van der Waals surface area contributed by atoms with Gasteiger partial charge in [0.05, 0.1) is 0 Å². The molecule has 1 aromatic carbocycles. The number of halogens is 1. The van der Waals surface area contributed by atoms with E-state index in [0.717, 1.165) is 24.4 Å². The first-order chi connectivity index (χ1) is 8.77. The van der Waals surface area contributed by atoms with Crippen LogP contribution in [0.25, 0.3) is 0 Å². The molecule has 1 saturated carbocycles. The van der Waals surface area contributed by atoms with E-state index in [0.29, 0.717) is 0 Å². The van der Waals surface area contributed by atoms with E-state index in [9.17, 15) is 4.79 Å². The summed E-state index contributed by atoms with van der Waals surface area (Å²) in [6, 6.07) is 9.49. The largest absolute Gasteiger partial charge is 0.355 e. The fourth-order valence-electron chi connectivity index (χ4n) is 2.56. The molecule has 1 aliphatic carbocycles. The van der Waals surface area contributed by atoms with E-state index in [1.807, 2.05) is 30.3 Å². The average molecular weight is 266 g/mol. The van der Waals surface area contributed by atoms with Crippen LogP contribution < -0.4 is 5.32 Å². The van der Waals surface area contributed by atoms with Crippen molar-refractivity contribution in [1.29, 1.82) is 0 Å². The smallest absolute Gasteiger partial charge is 0.242 e. The monoisotopic (exact) mass is 265 g/mol. The molecule has 2 nitrogen and oxygen atoms in total. The predicted molar refractivity (Wildman–Crippen MR) is 74.6 cm³/mol. The summed E-state index contributed by atoms with van der Waals surface area (Å²) in [4.78, 5) is 11.9. The van der Waals surface area contributed by atoms with Gasteiger partial charge in [-0.05, 0) is 17.9 Å². The van der Waals surface area contributed by atoms with E-state index in [1.165, 1.54) is 25.7 Å². The van der Waals surface area contributed by atoms with Crippen molar-refractivity contribution in [3.8, 4) is 0 Å². The minimum absolute atomic E-state index is 0.0825. The second-order valence-corrected chi connectivity index (χ2v) is 5.44. The van der Waals surface area contributed by atoms with Crippen LogP contribution in [0, 0.1) is 5.92 Å². The summed E-state index contributed by atoms with van der Waals surface area (Å²) in [7, 11) is 0. The van der Waals surface area contributed by atoms with Gasteiger partial charge >= 0.3 is 0 Å². The molecule has 98 valence electrons. The van der Waals surface area contributed by atoms with Gasteiger partial charge in [-0.3, -0.25) is 4.79 Å². The molecule has 18 heavy (non-hydrogen) atoms. The number of rotatable bonds is 5. The van der Waals surface area contributed by atoms with Crippen molar-refractivity contribution in [1.82, 2.24) is 5.32 Å². The second-order valence-electron chi connectivity index (χ2n) is 5.00. The van der Waals surface area contributed by atoms with Gasteiger partial charge in [0.15, 0.2) is 0 Å². The molecule has 0 spiro atoms. The normalized spacial score (nSPS) is 17.6. The summed E-state index contributed by atoms with van der Waals surface area (Å²) in [6.45, 7) is 0.750. The highest BCUT2D eigenvalue weighted by atomic mass is 35.5. The molecule has 1 fully saturated rings. The Balaban J connectivity index is 1.74. The van der Waals surface area contributed by atoms with Gasteiger partial charge in [0, 0.05) is 6.54 Å². The van der Waals surface area contributed by atoms with Gasteiger partial charge in [0.2, 0.25) is 5.91 Å². The molecule has 0 bridgehead atoms. The van der Waals surface area contributed by atoms with Crippen molar-refractivity contribution in [2.24, 2.45) is 5.92 Å². The highest BCUT2D eigenvalue weighted by molar-refractivity contribution is 6.30. The number of alkyl halides is 1. The van der Waals surface area contributed by atoms with Crippen LogP contribution >= 0.6 is 11.6 Å². The Morgan fingerprint density at radius 3 is 2.61 bits per heavy atom. The third kappa shape index (κ3) is 3.74. The van der Waals surface area contributed by atoms with Gasteiger partial charge in [0.1, 0.15) is 5.38 Å². The number of hydrogen-bond donors (Lipinski definition) is 1. The van der Waals surface area contributed by atoms with Crippen LogP contribution in [0.2, 0.25) is 0 Å². The lowest BCUT2D eigenvalue weighted by molar-refractivity contribution is -0.120. The zero-order chi connectivity index (χ0) is 12.8. The van der Waals surface area contributed by atoms with E-state index < -0.39 is 5.38 Å². The van der Waals surface area contributed by atoms with Crippen molar-refractivity contribution in [3.05, 3.63) is 35.9 Å². The minimum Gasteiger partial charge on any atom is -0.355 e. The average Bonchev–Trinajstić information content (AvgIpc) is 2.92. The Morgan fingerprint density at radius 1 is 1.28 bits per heavy atom. The Hall–Kier alpha value is -1.02. The number of amides is 1. The minimum atomic E-state index is -0.574. The van der Waals surface area contributed by atoms with Crippen LogP contribution in [-0.2, 0) is 4.79 Å². The summed E-state index contributed by atoms with van der Waals surface area (Å²) >= 11 is 6.14. The third-order valence-electron chi connectivity index (χ3n) is 3.65. The number of carbonyl (C=O) groups excluding carboxylic acids is 1. The van der Waals surface area contributed by atoms with Crippen LogP contribution in [0.5, 0.6) is 0 Å². The molecule has 1 unspecified atom stereocenters. The Morgan fingerprint density at radius 2 is 1.94 bits per heavy atom. The molecule has 1 N–H and O–H groups in total. The molecular formula is C15H20ClNO. The first kappa shape index (κ1) is 13.4. The van der Waals surface area contributed by atoms with Crippen molar-refractivity contribution < 1.29 is 4.79 Å². The maximum absolute atomic E-state index is 11.9.